The zero-order chi connectivity index (χ0) is 16.1. The molecule has 0 heterocycles. The predicted molar refractivity (Wildman–Crippen MR) is 81.2 cm³/mol. The number of benzene rings is 1. The van der Waals surface area contributed by atoms with Gasteiger partial charge in [-0.2, -0.15) is 0 Å². The first-order chi connectivity index (χ1) is 10.6. The van der Waals surface area contributed by atoms with Gasteiger partial charge in [0, 0.05) is 12.2 Å². The fraction of sp³-hybridized carbons (Fsp3) is 0.312. The lowest BCUT2D eigenvalue weighted by Crippen LogP contribution is -2.27. The van der Waals surface area contributed by atoms with Crippen LogP contribution >= 0.6 is 0 Å². The Morgan fingerprint density at radius 3 is 2.73 bits per heavy atom. The van der Waals surface area contributed by atoms with E-state index in [9.17, 15) is 14.4 Å². The van der Waals surface area contributed by atoms with Crippen molar-refractivity contribution in [3.8, 4) is 0 Å². The van der Waals surface area contributed by atoms with E-state index in [1.165, 1.54) is 7.11 Å². The van der Waals surface area contributed by atoms with Crippen molar-refractivity contribution in [2.75, 3.05) is 19.0 Å². The molecule has 2 rings (SSSR count). The van der Waals surface area contributed by atoms with Gasteiger partial charge in [-0.3, -0.25) is 9.59 Å². The molecule has 2 unspecified atom stereocenters. The number of anilines is 1. The minimum atomic E-state index is -0.468. The fourth-order valence-corrected chi connectivity index (χ4v) is 2.16. The second-order valence-electron chi connectivity index (χ2n) is 5.04. The fourth-order valence-electron chi connectivity index (χ4n) is 2.16. The molecule has 1 saturated carbocycles. The maximum atomic E-state index is 12.1. The molecule has 6 nitrogen and oxygen atoms in total. The third-order valence-corrected chi connectivity index (χ3v) is 3.44. The van der Waals surface area contributed by atoms with Crippen LogP contribution in [0, 0.1) is 11.8 Å². The van der Waals surface area contributed by atoms with Gasteiger partial charge in [-0.15, -0.1) is 6.58 Å². The first-order valence-electron chi connectivity index (χ1n) is 6.94. The van der Waals surface area contributed by atoms with E-state index >= 15 is 0 Å². The first-order valence-corrected chi connectivity index (χ1v) is 6.94. The Morgan fingerprint density at radius 2 is 2.05 bits per heavy atom. The molecule has 0 radical (unpaired) electrons. The van der Waals surface area contributed by atoms with E-state index in [2.05, 4.69) is 21.9 Å². The quantitative estimate of drug-likeness (QED) is 0.613. The van der Waals surface area contributed by atoms with Crippen molar-refractivity contribution in [3.63, 3.8) is 0 Å². The number of esters is 1. The SMILES string of the molecule is C=CCNC(=O)C1CC1C(=O)Nc1cccc(C(=O)OC)c1. The van der Waals surface area contributed by atoms with Crippen LogP contribution in [-0.2, 0) is 14.3 Å². The van der Waals surface area contributed by atoms with Crippen LogP contribution in [0.5, 0.6) is 0 Å². The van der Waals surface area contributed by atoms with Crippen molar-refractivity contribution >= 4 is 23.5 Å². The van der Waals surface area contributed by atoms with Gasteiger partial charge in [0.2, 0.25) is 11.8 Å². The van der Waals surface area contributed by atoms with Crippen molar-refractivity contribution in [3.05, 3.63) is 42.5 Å². The van der Waals surface area contributed by atoms with E-state index in [0.717, 1.165) is 0 Å². The molecule has 1 fully saturated rings. The largest absolute Gasteiger partial charge is 0.465 e. The monoisotopic (exact) mass is 302 g/mol. The van der Waals surface area contributed by atoms with Gasteiger partial charge in [-0.1, -0.05) is 12.1 Å². The number of hydrogen-bond donors (Lipinski definition) is 2. The number of carbonyl (C=O) groups is 3. The van der Waals surface area contributed by atoms with E-state index in [-0.39, 0.29) is 23.7 Å². The molecule has 0 spiro atoms. The van der Waals surface area contributed by atoms with Gasteiger partial charge < -0.3 is 15.4 Å². The maximum absolute atomic E-state index is 12.1. The second-order valence-corrected chi connectivity index (χ2v) is 5.04. The van der Waals surface area contributed by atoms with Crippen molar-refractivity contribution in [1.29, 1.82) is 0 Å². The van der Waals surface area contributed by atoms with Gasteiger partial charge in [-0.25, -0.2) is 4.79 Å². The molecule has 0 saturated heterocycles. The van der Waals surface area contributed by atoms with E-state index in [0.29, 0.717) is 24.2 Å². The van der Waals surface area contributed by atoms with E-state index in [1.54, 1.807) is 30.3 Å². The lowest BCUT2D eigenvalue weighted by Gasteiger charge is -2.06. The number of ether oxygens (including phenoxy) is 1. The number of carbonyl (C=O) groups excluding carboxylic acids is 3. The summed E-state index contributed by atoms with van der Waals surface area (Å²) in [6.07, 6.45) is 2.12. The van der Waals surface area contributed by atoms with Crippen LogP contribution in [0.15, 0.2) is 36.9 Å². The summed E-state index contributed by atoms with van der Waals surface area (Å²) in [5.41, 5.74) is 0.862. The number of hydrogen-bond acceptors (Lipinski definition) is 4. The van der Waals surface area contributed by atoms with Gasteiger partial charge in [-0.05, 0) is 24.6 Å². The average Bonchev–Trinajstić information content (AvgIpc) is 3.32. The summed E-state index contributed by atoms with van der Waals surface area (Å²) in [6.45, 7) is 3.91. The Morgan fingerprint density at radius 1 is 1.32 bits per heavy atom. The molecule has 6 heteroatoms. The van der Waals surface area contributed by atoms with Crippen molar-refractivity contribution in [2.45, 2.75) is 6.42 Å². The third-order valence-electron chi connectivity index (χ3n) is 3.44. The van der Waals surface area contributed by atoms with Gasteiger partial charge in [0.15, 0.2) is 0 Å². The highest BCUT2D eigenvalue weighted by Crippen LogP contribution is 2.39. The molecule has 22 heavy (non-hydrogen) atoms. The molecule has 0 aromatic heterocycles. The van der Waals surface area contributed by atoms with Crippen molar-refractivity contribution in [1.82, 2.24) is 5.32 Å². The van der Waals surface area contributed by atoms with Crippen molar-refractivity contribution < 1.29 is 19.1 Å². The Bertz CT molecular complexity index is 612. The summed E-state index contributed by atoms with van der Waals surface area (Å²) in [6, 6.07) is 6.48. The number of nitrogens with one attached hydrogen (secondary N) is 2. The molecule has 1 aromatic carbocycles. The summed E-state index contributed by atoms with van der Waals surface area (Å²) < 4.78 is 4.63. The van der Waals surface area contributed by atoms with Crippen LogP contribution in [0.1, 0.15) is 16.8 Å². The first kappa shape index (κ1) is 15.8. The molecule has 1 aromatic rings. The molecule has 116 valence electrons. The molecule has 1 aliphatic carbocycles. The second kappa shape index (κ2) is 6.89. The molecule has 0 aliphatic heterocycles. The van der Waals surface area contributed by atoms with Gasteiger partial charge >= 0.3 is 5.97 Å². The van der Waals surface area contributed by atoms with E-state index < -0.39 is 5.97 Å². The molecule has 2 N–H and O–H groups in total. The minimum Gasteiger partial charge on any atom is -0.465 e. The molecule has 2 atom stereocenters. The van der Waals surface area contributed by atoms with Crippen LogP contribution in [0.3, 0.4) is 0 Å². The Kier molecular flexibility index (Phi) is 4.93. The molecule has 1 aliphatic rings. The average molecular weight is 302 g/mol. The summed E-state index contributed by atoms with van der Waals surface area (Å²) >= 11 is 0. The molecule has 0 bridgehead atoms. The highest BCUT2D eigenvalue weighted by molar-refractivity contribution is 6.00. The van der Waals surface area contributed by atoms with Crippen LogP contribution in [0.2, 0.25) is 0 Å². The molecular weight excluding hydrogens is 284 g/mol. The molecular formula is C16H18N2O4. The Hall–Kier alpha value is -2.63. The Balaban J connectivity index is 1.92. The lowest BCUT2D eigenvalue weighted by molar-refractivity contribution is -0.125. The summed E-state index contributed by atoms with van der Waals surface area (Å²) in [5, 5.41) is 5.39. The number of rotatable bonds is 6. The van der Waals surface area contributed by atoms with Gasteiger partial charge in [0.25, 0.3) is 0 Å². The zero-order valence-corrected chi connectivity index (χ0v) is 12.3. The maximum Gasteiger partial charge on any atom is 0.337 e. The summed E-state index contributed by atoms with van der Waals surface area (Å²) in [7, 11) is 1.30. The highest BCUT2D eigenvalue weighted by Gasteiger charge is 2.47. The smallest absolute Gasteiger partial charge is 0.337 e. The third kappa shape index (κ3) is 3.72. The van der Waals surface area contributed by atoms with Gasteiger partial charge in [0.1, 0.15) is 0 Å². The zero-order valence-electron chi connectivity index (χ0n) is 12.3. The standard InChI is InChI=1S/C16H18N2O4/c1-3-7-17-14(19)12-9-13(12)15(20)18-11-6-4-5-10(8-11)16(21)22-2/h3-6,8,12-13H,1,7,9H2,2H3,(H,17,19)(H,18,20). The highest BCUT2D eigenvalue weighted by atomic mass is 16.5. The molecule has 2 amide bonds. The van der Waals surface area contributed by atoms with Crippen LogP contribution < -0.4 is 10.6 Å². The lowest BCUT2D eigenvalue weighted by atomic mass is 10.2. The van der Waals surface area contributed by atoms with Gasteiger partial charge in [0.05, 0.1) is 24.5 Å². The normalized spacial score (nSPS) is 19.0. The minimum absolute atomic E-state index is 0.136. The summed E-state index contributed by atoms with van der Waals surface area (Å²) in [4.78, 5) is 35.2. The Labute approximate surface area is 128 Å². The van der Waals surface area contributed by atoms with E-state index in [4.69, 9.17) is 0 Å². The topological polar surface area (TPSA) is 84.5 Å². The van der Waals surface area contributed by atoms with E-state index in [1.807, 2.05) is 0 Å². The van der Waals surface area contributed by atoms with Crippen LogP contribution in [-0.4, -0.2) is 31.4 Å². The van der Waals surface area contributed by atoms with Crippen LogP contribution in [0.4, 0.5) is 5.69 Å². The summed E-state index contributed by atoms with van der Waals surface area (Å²) in [5.74, 6) is -1.44. The predicted octanol–water partition coefficient (Wildman–Crippen LogP) is 1.35. The van der Waals surface area contributed by atoms with Crippen LogP contribution in [0.25, 0.3) is 0 Å². The van der Waals surface area contributed by atoms with Crippen molar-refractivity contribution in [2.24, 2.45) is 11.8 Å². The number of amides is 2. The number of methoxy groups -OCH3 is 1.